The molecule has 1 aromatic carbocycles. The Balaban J connectivity index is 1.87. The molecule has 0 aliphatic carbocycles. The van der Waals surface area contributed by atoms with E-state index in [0.29, 0.717) is 48.5 Å². The third-order valence-corrected chi connectivity index (χ3v) is 5.90. The van der Waals surface area contributed by atoms with Gasteiger partial charge in [0, 0.05) is 31.5 Å². The van der Waals surface area contributed by atoms with Crippen molar-refractivity contribution in [1.29, 1.82) is 0 Å². The predicted octanol–water partition coefficient (Wildman–Crippen LogP) is 2.34. The second-order valence-electron chi connectivity index (χ2n) is 8.19. The van der Waals surface area contributed by atoms with Crippen LogP contribution in [0.1, 0.15) is 41.1 Å². The lowest BCUT2D eigenvalue weighted by molar-refractivity contribution is 0.0659. The third kappa shape index (κ3) is 5.20. The SMILES string of the molecule is CCC(c1nc2ncccc2c(=O)n1Cc1ccccc1)N(CCNC)C(=O)c1ccc(=O)[nH]c1. The number of fused-ring (bicyclic) bond motifs is 1. The van der Waals surface area contributed by atoms with Crippen molar-refractivity contribution in [2.75, 3.05) is 20.1 Å². The van der Waals surface area contributed by atoms with E-state index in [9.17, 15) is 14.4 Å². The van der Waals surface area contributed by atoms with Gasteiger partial charge in [0.15, 0.2) is 5.65 Å². The second-order valence-corrected chi connectivity index (χ2v) is 8.19. The molecular weight excluding hydrogens is 444 g/mol. The number of carbonyl (C=O) groups excluding carboxylic acids is 1. The van der Waals surface area contributed by atoms with E-state index in [1.165, 1.54) is 18.3 Å². The zero-order valence-corrected chi connectivity index (χ0v) is 19.8. The summed E-state index contributed by atoms with van der Waals surface area (Å²) in [6, 6.07) is 15.4. The molecule has 1 unspecified atom stereocenters. The van der Waals surface area contributed by atoms with E-state index in [4.69, 9.17) is 4.98 Å². The van der Waals surface area contributed by atoms with Gasteiger partial charge in [-0.3, -0.25) is 19.0 Å². The topological polar surface area (TPSA) is 113 Å². The number of nitrogens with zero attached hydrogens (tertiary/aromatic N) is 4. The molecular formula is C26H28N6O3. The number of rotatable bonds is 9. The Labute approximate surface area is 202 Å². The van der Waals surface area contributed by atoms with Gasteiger partial charge in [-0.15, -0.1) is 0 Å². The standard InChI is InChI=1S/C26H28N6O3/c1-3-21(31(15-14-27-2)25(34)19-11-12-22(33)29-16-19)24-30-23-20(10-7-13-28-23)26(35)32(24)17-18-8-5-4-6-9-18/h4-13,16,21,27H,3,14-15,17H2,1-2H3,(H,29,33). The Kier molecular flexibility index (Phi) is 7.47. The van der Waals surface area contributed by atoms with Crippen LogP contribution in [0, 0.1) is 0 Å². The van der Waals surface area contributed by atoms with Gasteiger partial charge in [0.2, 0.25) is 5.56 Å². The fourth-order valence-corrected chi connectivity index (χ4v) is 4.13. The number of nitrogens with one attached hydrogen (secondary N) is 2. The molecule has 0 fully saturated rings. The van der Waals surface area contributed by atoms with E-state index in [1.807, 2.05) is 44.3 Å². The van der Waals surface area contributed by atoms with Gasteiger partial charge >= 0.3 is 0 Å². The van der Waals surface area contributed by atoms with E-state index in [0.717, 1.165) is 5.56 Å². The summed E-state index contributed by atoms with van der Waals surface area (Å²) in [5, 5.41) is 3.51. The molecule has 0 aliphatic heterocycles. The molecule has 0 radical (unpaired) electrons. The molecule has 0 saturated carbocycles. The van der Waals surface area contributed by atoms with Crippen LogP contribution in [0.15, 0.2) is 76.6 Å². The summed E-state index contributed by atoms with van der Waals surface area (Å²) in [6.45, 7) is 3.20. The summed E-state index contributed by atoms with van der Waals surface area (Å²) in [4.78, 5) is 52.1. The van der Waals surface area contributed by atoms with Gasteiger partial charge in [-0.25, -0.2) is 9.97 Å². The first-order chi connectivity index (χ1) is 17.0. The molecule has 4 rings (SSSR count). The molecule has 0 spiro atoms. The van der Waals surface area contributed by atoms with Gasteiger partial charge in [-0.2, -0.15) is 0 Å². The van der Waals surface area contributed by atoms with Crippen LogP contribution >= 0.6 is 0 Å². The van der Waals surface area contributed by atoms with Crippen LogP contribution in [0.3, 0.4) is 0 Å². The molecule has 9 heteroatoms. The summed E-state index contributed by atoms with van der Waals surface area (Å²) in [5.41, 5.74) is 1.17. The number of hydrogen-bond donors (Lipinski definition) is 2. The summed E-state index contributed by atoms with van der Waals surface area (Å²) in [5.74, 6) is 0.214. The summed E-state index contributed by atoms with van der Waals surface area (Å²) in [6.07, 6.45) is 3.54. The number of aromatic nitrogens is 4. The van der Waals surface area contributed by atoms with Crippen LogP contribution in [0.25, 0.3) is 11.0 Å². The molecule has 3 heterocycles. The summed E-state index contributed by atoms with van der Waals surface area (Å²) < 4.78 is 1.64. The van der Waals surface area contributed by atoms with Crippen molar-refractivity contribution in [2.24, 2.45) is 0 Å². The van der Waals surface area contributed by atoms with E-state index in [2.05, 4.69) is 15.3 Å². The maximum atomic E-state index is 13.6. The first-order valence-corrected chi connectivity index (χ1v) is 11.6. The Morgan fingerprint density at radius 1 is 1.11 bits per heavy atom. The Morgan fingerprint density at radius 2 is 1.91 bits per heavy atom. The van der Waals surface area contributed by atoms with Crippen molar-refractivity contribution in [3.8, 4) is 0 Å². The minimum absolute atomic E-state index is 0.203. The molecule has 0 bridgehead atoms. The third-order valence-electron chi connectivity index (χ3n) is 5.90. The molecule has 1 atom stereocenters. The molecule has 0 aliphatic rings. The van der Waals surface area contributed by atoms with Gasteiger partial charge in [-0.05, 0) is 37.2 Å². The first-order valence-electron chi connectivity index (χ1n) is 11.6. The van der Waals surface area contributed by atoms with Crippen molar-refractivity contribution in [3.05, 3.63) is 105 Å². The Hall–Kier alpha value is -4.11. The van der Waals surface area contributed by atoms with Gasteiger partial charge in [-0.1, -0.05) is 37.3 Å². The Morgan fingerprint density at radius 3 is 2.60 bits per heavy atom. The van der Waals surface area contributed by atoms with Crippen molar-refractivity contribution >= 4 is 16.9 Å². The molecule has 4 aromatic rings. The summed E-state index contributed by atoms with van der Waals surface area (Å²) in [7, 11) is 1.81. The first kappa shape index (κ1) is 24.0. The normalized spacial score (nSPS) is 11.9. The lowest BCUT2D eigenvalue weighted by Gasteiger charge is -2.32. The van der Waals surface area contributed by atoms with E-state index in [1.54, 1.807) is 27.8 Å². The number of amides is 1. The highest BCUT2D eigenvalue weighted by Crippen LogP contribution is 2.25. The predicted molar refractivity (Wildman–Crippen MR) is 134 cm³/mol. The van der Waals surface area contributed by atoms with E-state index >= 15 is 0 Å². The minimum Gasteiger partial charge on any atom is -0.328 e. The zero-order chi connectivity index (χ0) is 24.8. The fraction of sp³-hybridized carbons (Fsp3) is 0.269. The largest absolute Gasteiger partial charge is 0.328 e. The highest BCUT2D eigenvalue weighted by molar-refractivity contribution is 5.94. The monoisotopic (exact) mass is 472 g/mol. The van der Waals surface area contributed by atoms with Gasteiger partial charge < -0.3 is 15.2 Å². The number of H-pyrrole nitrogens is 1. The van der Waals surface area contributed by atoms with E-state index in [-0.39, 0.29) is 17.0 Å². The van der Waals surface area contributed by atoms with Crippen molar-refractivity contribution in [1.82, 2.24) is 29.7 Å². The number of carbonyl (C=O) groups is 1. The van der Waals surface area contributed by atoms with Gasteiger partial charge in [0.05, 0.1) is 23.5 Å². The van der Waals surface area contributed by atoms with Crippen LogP contribution in [0.4, 0.5) is 0 Å². The summed E-state index contributed by atoms with van der Waals surface area (Å²) >= 11 is 0. The molecule has 2 N–H and O–H groups in total. The van der Waals surface area contributed by atoms with E-state index < -0.39 is 6.04 Å². The Bertz CT molecular complexity index is 1410. The molecule has 9 nitrogen and oxygen atoms in total. The van der Waals surface area contributed by atoms with Crippen molar-refractivity contribution in [3.63, 3.8) is 0 Å². The van der Waals surface area contributed by atoms with Crippen molar-refractivity contribution in [2.45, 2.75) is 25.9 Å². The molecule has 1 amide bonds. The quantitative estimate of drug-likeness (QED) is 0.387. The number of aromatic amines is 1. The average Bonchev–Trinajstić information content (AvgIpc) is 2.89. The highest BCUT2D eigenvalue weighted by atomic mass is 16.2. The fourth-order valence-electron chi connectivity index (χ4n) is 4.13. The molecule has 3 aromatic heterocycles. The molecule has 35 heavy (non-hydrogen) atoms. The maximum Gasteiger partial charge on any atom is 0.263 e. The number of pyridine rings is 2. The zero-order valence-electron chi connectivity index (χ0n) is 19.8. The lowest BCUT2D eigenvalue weighted by Crippen LogP contribution is -2.42. The van der Waals surface area contributed by atoms with Gasteiger partial charge in [0.1, 0.15) is 5.82 Å². The van der Waals surface area contributed by atoms with Crippen LogP contribution in [-0.2, 0) is 6.54 Å². The van der Waals surface area contributed by atoms with Gasteiger partial charge in [0.25, 0.3) is 11.5 Å². The number of benzene rings is 1. The van der Waals surface area contributed by atoms with Crippen LogP contribution in [-0.4, -0.2) is 50.5 Å². The number of likely N-dealkylation sites (N-methyl/N-ethyl adjacent to an activating group) is 1. The smallest absolute Gasteiger partial charge is 0.263 e. The average molecular weight is 473 g/mol. The number of hydrogen-bond acceptors (Lipinski definition) is 6. The molecule has 180 valence electrons. The molecule has 0 saturated heterocycles. The minimum atomic E-state index is -0.495. The highest BCUT2D eigenvalue weighted by Gasteiger charge is 2.29. The van der Waals surface area contributed by atoms with Crippen LogP contribution < -0.4 is 16.4 Å². The maximum absolute atomic E-state index is 13.6. The second kappa shape index (κ2) is 10.9. The van der Waals surface area contributed by atoms with Crippen molar-refractivity contribution < 1.29 is 4.79 Å². The van der Waals surface area contributed by atoms with Crippen LogP contribution in [0.2, 0.25) is 0 Å². The van der Waals surface area contributed by atoms with Crippen LogP contribution in [0.5, 0.6) is 0 Å². The lowest BCUT2D eigenvalue weighted by atomic mass is 10.1.